The number of amides is 2. The number of hydrogen-bond donors (Lipinski definition) is 0. The number of imide groups is 1. The number of ether oxygens (including phenoxy) is 1. The van der Waals surface area contributed by atoms with Crippen LogP contribution in [0, 0.1) is 0 Å². The van der Waals surface area contributed by atoms with Crippen molar-refractivity contribution in [1.82, 2.24) is 4.90 Å². The van der Waals surface area contributed by atoms with Crippen LogP contribution >= 0.6 is 0 Å². The monoisotopic (exact) mass is 271 g/mol. The molecule has 108 valence electrons. The molecular formula is C13H21NO5. The van der Waals surface area contributed by atoms with Gasteiger partial charge in [0.1, 0.15) is 0 Å². The normalized spacial score (nSPS) is 17.4. The van der Waals surface area contributed by atoms with E-state index < -0.39 is 11.9 Å². The highest BCUT2D eigenvalue weighted by Gasteiger charge is 2.28. The molecule has 0 spiro atoms. The Morgan fingerprint density at radius 2 is 1.84 bits per heavy atom. The van der Waals surface area contributed by atoms with E-state index in [4.69, 9.17) is 14.5 Å². The van der Waals surface area contributed by atoms with Gasteiger partial charge in [0.2, 0.25) is 6.29 Å². The Bertz CT molecular complexity index is 346. The molecule has 0 aliphatic carbocycles. The van der Waals surface area contributed by atoms with Crippen LogP contribution in [0.4, 0.5) is 0 Å². The van der Waals surface area contributed by atoms with Crippen molar-refractivity contribution in [3.05, 3.63) is 12.2 Å². The fourth-order valence-corrected chi connectivity index (χ4v) is 1.73. The highest BCUT2D eigenvalue weighted by Crippen LogP contribution is 2.18. The number of carbonyl (C=O) groups excluding carboxylic acids is 2. The number of carbonyl (C=O) groups is 2. The van der Waals surface area contributed by atoms with E-state index in [1.165, 1.54) is 19.3 Å². The predicted octanol–water partition coefficient (Wildman–Crippen LogP) is 1.41. The second-order valence-corrected chi connectivity index (χ2v) is 4.97. The largest absolute Gasteiger partial charge is 0.352 e. The van der Waals surface area contributed by atoms with Gasteiger partial charge in [-0.05, 0) is 20.3 Å². The van der Waals surface area contributed by atoms with Crippen LogP contribution in [0.25, 0.3) is 0 Å². The predicted molar refractivity (Wildman–Crippen MR) is 67.8 cm³/mol. The van der Waals surface area contributed by atoms with E-state index in [0.29, 0.717) is 0 Å². The molecule has 1 atom stereocenters. The van der Waals surface area contributed by atoms with E-state index in [2.05, 4.69) is 0 Å². The molecule has 1 heterocycles. The second-order valence-electron chi connectivity index (χ2n) is 4.97. The third kappa shape index (κ3) is 4.74. The first-order chi connectivity index (χ1) is 8.89. The van der Waals surface area contributed by atoms with Gasteiger partial charge < -0.3 is 4.74 Å². The maximum atomic E-state index is 11.4. The molecule has 0 aromatic rings. The summed E-state index contributed by atoms with van der Waals surface area (Å²) in [5, 5.41) is 0. The van der Waals surface area contributed by atoms with E-state index >= 15 is 0 Å². The summed E-state index contributed by atoms with van der Waals surface area (Å²) in [7, 11) is 1.43. The van der Waals surface area contributed by atoms with Crippen molar-refractivity contribution >= 4 is 11.8 Å². The van der Waals surface area contributed by atoms with Crippen LogP contribution in [-0.2, 0) is 24.1 Å². The molecule has 2 amide bonds. The maximum Gasteiger partial charge on any atom is 0.253 e. The molecule has 0 saturated heterocycles. The number of hydrogen-bond acceptors (Lipinski definition) is 5. The van der Waals surface area contributed by atoms with E-state index in [-0.39, 0.29) is 18.4 Å². The van der Waals surface area contributed by atoms with Crippen LogP contribution in [-0.4, -0.2) is 42.3 Å². The lowest BCUT2D eigenvalue weighted by Gasteiger charge is -2.27. The van der Waals surface area contributed by atoms with Crippen molar-refractivity contribution in [2.45, 2.75) is 45.5 Å². The zero-order chi connectivity index (χ0) is 14.5. The highest BCUT2D eigenvalue weighted by atomic mass is 17.2. The summed E-state index contributed by atoms with van der Waals surface area (Å²) in [4.78, 5) is 34.3. The zero-order valence-electron chi connectivity index (χ0n) is 11.8. The van der Waals surface area contributed by atoms with Gasteiger partial charge >= 0.3 is 0 Å². The number of methoxy groups -OCH3 is 1. The molecule has 0 aromatic carbocycles. The topological polar surface area (TPSA) is 65.1 Å². The van der Waals surface area contributed by atoms with Gasteiger partial charge in [-0.2, -0.15) is 0 Å². The van der Waals surface area contributed by atoms with Gasteiger partial charge in [0.15, 0.2) is 0 Å². The summed E-state index contributed by atoms with van der Waals surface area (Å²) in [6, 6.07) is 0. The Kier molecular flexibility index (Phi) is 5.65. The standard InChI is InChI=1S/C13H21NO5/c1-5-8-13(2,3)19-18-12(17-4)9-14-10(15)6-7-11(14)16/h6-7,12H,5,8-9H2,1-4H3. The fraction of sp³-hybridized carbons (Fsp3) is 0.692. The summed E-state index contributed by atoms with van der Waals surface area (Å²) in [5.41, 5.74) is -0.442. The van der Waals surface area contributed by atoms with Crippen LogP contribution in [0.2, 0.25) is 0 Å². The van der Waals surface area contributed by atoms with Crippen molar-refractivity contribution in [2.24, 2.45) is 0 Å². The SMILES string of the molecule is CCCC(C)(C)OOC(CN1C(=O)C=CC1=O)OC. The van der Waals surface area contributed by atoms with Crippen molar-refractivity contribution in [2.75, 3.05) is 13.7 Å². The summed E-state index contributed by atoms with van der Waals surface area (Å²) < 4.78 is 5.06. The molecule has 0 radical (unpaired) electrons. The van der Waals surface area contributed by atoms with Gasteiger partial charge in [-0.15, -0.1) is 0 Å². The fourth-order valence-electron chi connectivity index (χ4n) is 1.73. The second kappa shape index (κ2) is 6.79. The minimum Gasteiger partial charge on any atom is -0.352 e. The third-order valence-electron chi connectivity index (χ3n) is 2.73. The quantitative estimate of drug-likeness (QED) is 0.289. The molecular weight excluding hydrogens is 250 g/mol. The molecule has 0 N–H and O–H groups in total. The first kappa shape index (κ1) is 15.8. The number of rotatable bonds is 8. The maximum absolute atomic E-state index is 11.4. The summed E-state index contributed by atoms with van der Waals surface area (Å²) >= 11 is 0. The molecule has 19 heavy (non-hydrogen) atoms. The van der Waals surface area contributed by atoms with Crippen LogP contribution in [0.1, 0.15) is 33.6 Å². The molecule has 1 unspecified atom stereocenters. The van der Waals surface area contributed by atoms with Crippen molar-refractivity contribution in [3.8, 4) is 0 Å². The van der Waals surface area contributed by atoms with E-state index in [9.17, 15) is 9.59 Å². The van der Waals surface area contributed by atoms with Gasteiger partial charge in [-0.1, -0.05) is 13.3 Å². The molecule has 1 rings (SSSR count). The highest BCUT2D eigenvalue weighted by molar-refractivity contribution is 6.12. The van der Waals surface area contributed by atoms with Gasteiger partial charge in [0.25, 0.3) is 11.8 Å². The first-order valence-electron chi connectivity index (χ1n) is 6.30. The molecule has 6 heteroatoms. The minimum absolute atomic E-state index is 0.00334. The third-order valence-corrected chi connectivity index (χ3v) is 2.73. The summed E-state index contributed by atoms with van der Waals surface area (Å²) in [6.07, 6.45) is 3.42. The summed E-state index contributed by atoms with van der Waals surface area (Å²) in [5.74, 6) is -0.744. The van der Waals surface area contributed by atoms with Gasteiger partial charge in [-0.25, -0.2) is 9.78 Å². The first-order valence-corrected chi connectivity index (χ1v) is 6.30. The average molecular weight is 271 g/mol. The Morgan fingerprint density at radius 3 is 2.32 bits per heavy atom. The lowest BCUT2D eigenvalue weighted by Crippen LogP contribution is -2.40. The van der Waals surface area contributed by atoms with Crippen LogP contribution in [0.15, 0.2) is 12.2 Å². The molecule has 6 nitrogen and oxygen atoms in total. The van der Waals surface area contributed by atoms with Crippen LogP contribution in [0.5, 0.6) is 0 Å². The van der Waals surface area contributed by atoms with Crippen LogP contribution < -0.4 is 0 Å². The lowest BCUT2D eigenvalue weighted by atomic mass is 10.0. The van der Waals surface area contributed by atoms with Crippen molar-refractivity contribution in [3.63, 3.8) is 0 Å². The van der Waals surface area contributed by atoms with Gasteiger partial charge in [0.05, 0.1) is 12.1 Å². The molecule has 1 aliphatic rings. The van der Waals surface area contributed by atoms with E-state index in [1.54, 1.807) is 0 Å². The summed E-state index contributed by atoms with van der Waals surface area (Å²) in [6.45, 7) is 5.85. The Hall–Kier alpha value is -1.24. The van der Waals surface area contributed by atoms with Gasteiger partial charge in [0, 0.05) is 19.3 Å². The van der Waals surface area contributed by atoms with E-state index in [0.717, 1.165) is 17.7 Å². The van der Waals surface area contributed by atoms with Crippen molar-refractivity contribution < 1.29 is 24.1 Å². The molecule has 0 saturated carbocycles. The van der Waals surface area contributed by atoms with Crippen molar-refractivity contribution in [1.29, 1.82) is 0 Å². The minimum atomic E-state index is -0.802. The molecule has 0 bridgehead atoms. The van der Waals surface area contributed by atoms with Crippen LogP contribution in [0.3, 0.4) is 0 Å². The Balaban J connectivity index is 2.46. The molecule has 0 fully saturated rings. The molecule has 0 aromatic heterocycles. The lowest BCUT2D eigenvalue weighted by molar-refractivity contribution is -0.416. The Morgan fingerprint density at radius 1 is 1.26 bits per heavy atom. The Labute approximate surface area is 113 Å². The number of nitrogens with zero attached hydrogens (tertiary/aromatic N) is 1. The molecule has 1 aliphatic heterocycles. The average Bonchev–Trinajstić information content (AvgIpc) is 2.65. The van der Waals surface area contributed by atoms with E-state index in [1.807, 2.05) is 20.8 Å². The smallest absolute Gasteiger partial charge is 0.253 e. The zero-order valence-corrected chi connectivity index (χ0v) is 11.8. The van der Waals surface area contributed by atoms with Gasteiger partial charge in [-0.3, -0.25) is 14.5 Å².